The fourth-order valence-corrected chi connectivity index (χ4v) is 1.65. The van der Waals surface area contributed by atoms with Crippen LogP contribution in [0.1, 0.15) is 19.8 Å². The van der Waals surface area contributed by atoms with E-state index in [-0.39, 0.29) is 18.0 Å². The molecule has 70 valence electrons. The van der Waals surface area contributed by atoms with Gasteiger partial charge < -0.3 is 0 Å². The van der Waals surface area contributed by atoms with Crippen LogP contribution in [0.25, 0.3) is 0 Å². The van der Waals surface area contributed by atoms with Crippen LogP contribution in [0.2, 0.25) is 0 Å². The Hall–Kier alpha value is -0.700. The molecule has 0 saturated carbocycles. The van der Waals surface area contributed by atoms with Crippen molar-refractivity contribution in [1.29, 1.82) is 0 Å². The molecule has 1 unspecified atom stereocenters. The number of Topliss-reactive ketones (excluding diaryl/α,β-unsaturated/α-hetero) is 2. The Morgan fingerprint density at radius 3 is 2.62 bits per heavy atom. The van der Waals surface area contributed by atoms with Crippen molar-refractivity contribution >= 4 is 27.5 Å². The summed E-state index contributed by atoms with van der Waals surface area (Å²) in [6, 6.07) is 0. The van der Waals surface area contributed by atoms with Crippen LogP contribution in [0.4, 0.5) is 0 Å². The molecule has 1 aliphatic rings. The largest absolute Gasteiger partial charge is 0.300 e. The third-order valence-electron chi connectivity index (χ3n) is 1.90. The number of allylic oxidation sites excluding steroid dienone is 4. The number of hydrogen-bond donors (Lipinski definition) is 0. The van der Waals surface area contributed by atoms with Crippen LogP contribution in [0, 0.1) is 0 Å². The molecule has 0 spiro atoms. The number of rotatable bonds is 3. The second-order valence-corrected chi connectivity index (χ2v) is 4.57. The molecule has 2 nitrogen and oxygen atoms in total. The lowest BCUT2D eigenvalue weighted by atomic mass is 9.93. The second kappa shape index (κ2) is 4.01. The van der Waals surface area contributed by atoms with Crippen LogP contribution in [-0.4, -0.2) is 15.9 Å². The van der Waals surface area contributed by atoms with E-state index in [2.05, 4.69) is 15.9 Å². The van der Waals surface area contributed by atoms with Gasteiger partial charge in [-0.25, -0.2) is 0 Å². The maximum Gasteiger partial charge on any atom is 0.161 e. The standard InChI is InChI=1S/C10H11BrO2/c1-8(12)7-9(13)10(11)5-3-2-4-6-10/h2-5H,6-7H2,1H3. The van der Waals surface area contributed by atoms with Crippen molar-refractivity contribution < 1.29 is 9.59 Å². The van der Waals surface area contributed by atoms with E-state index in [1.165, 1.54) is 6.92 Å². The van der Waals surface area contributed by atoms with Gasteiger partial charge in [-0.05, 0) is 13.3 Å². The molecule has 0 N–H and O–H groups in total. The van der Waals surface area contributed by atoms with Gasteiger partial charge in [-0.3, -0.25) is 9.59 Å². The molecule has 3 heteroatoms. The molecule has 1 atom stereocenters. The lowest BCUT2D eigenvalue weighted by Crippen LogP contribution is -2.31. The summed E-state index contributed by atoms with van der Waals surface area (Å²) in [5.41, 5.74) is 0. The van der Waals surface area contributed by atoms with Gasteiger partial charge in [-0.15, -0.1) is 0 Å². The maximum absolute atomic E-state index is 11.6. The molecule has 0 amide bonds. The van der Waals surface area contributed by atoms with Gasteiger partial charge in [-0.2, -0.15) is 0 Å². The predicted octanol–water partition coefficient (Wildman–Crippen LogP) is 2.18. The van der Waals surface area contributed by atoms with Crippen molar-refractivity contribution in [2.24, 2.45) is 0 Å². The Morgan fingerprint density at radius 1 is 1.46 bits per heavy atom. The molecule has 13 heavy (non-hydrogen) atoms. The summed E-state index contributed by atoms with van der Waals surface area (Å²) in [7, 11) is 0. The monoisotopic (exact) mass is 242 g/mol. The van der Waals surface area contributed by atoms with Crippen LogP contribution in [0.5, 0.6) is 0 Å². The fourth-order valence-electron chi connectivity index (χ4n) is 1.17. The normalized spacial score (nSPS) is 26.0. The molecule has 0 aromatic carbocycles. The molecule has 0 aliphatic heterocycles. The van der Waals surface area contributed by atoms with Gasteiger partial charge in [0.2, 0.25) is 0 Å². The zero-order valence-corrected chi connectivity index (χ0v) is 9.00. The summed E-state index contributed by atoms with van der Waals surface area (Å²) in [4.78, 5) is 22.3. The van der Waals surface area contributed by atoms with Gasteiger partial charge in [0.1, 0.15) is 10.1 Å². The average Bonchev–Trinajstić information content (AvgIpc) is 2.04. The molecule has 0 heterocycles. The molecule has 0 aromatic heterocycles. The first-order valence-corrected chi connectivity index (χ1v) is 4.90. The highest BCUT2D eigenvalue weighted by Crippen LogP contribution is 2.30. The molecule has 1 aliphatic carbocycles. The van der Waals surface area contributed by atoms with Crippen molar-refractivity contribution in [1.82, 2.24) is 0 Å². The van der Waals surface area contributed by atoms with E-state index < -0.39 is 4.32 Å². The third kappa shape index (κ3) is 2.62. The van der Waals surface area contributed by atoms with Crippen LogP contribution < -0.4 is 0 Å². The van der Waals surface area contributed by atoms with Gasteiger partial charge in [0.25, 0.3) is 0 Å². The first-order chi connectivity index (χ1) is 6.04. The van der Waals surface area contributed by atoms with E-state index >= 15 is 0 Å². The lowest BCUT2D eigenvalue weighted by molar-refractivity contribution is -0.126. The number of carbonyl (C=O) groups excluding carboxylic acids is 2. The zero-order chi connectivity index (χ0) is 9.90. The Balaban J connectivity index is 2.70. The van der Waals surface area contributed by atoms with E-state index in [0.29, 0.717) is 6.42 Å². The molecule has 0 bridgehead atoms. The minimum absolute atomic E-state index is 0.00340. The Kier molecular flexibility index (Phi) is 3.20. The summed E-state index contributed by atoms with van der Waals surface area (Å²) in [6.45, 7) is 1.43. The Bertz CT molecular complexity index is 291. The smallest absolute Gasteiger partial charge is 0.161 e. The first-order valence-electron chi connectivity index (χ1n) is 4.10. The Morgan fingerprint density at radius 2 is 2.15 bits per heavy atom. The van der Waals surface area contributed by atoms with Crippen LogP contribution in [0.15, 0.2) is 24.3 Å². The van der Waals surface area contributed by atoms with E-state index in [1.807, 2.05) is 18.2 Å². The molecular weight excluding hydrogens is 232 g/mol. The molecule has 0 fully saturated rings. The number of halogens is 1. The van der Waals surface area contributed by atoms with Gasteiger partial charge in [-0.1, -0.05) is 40.2 Å². The quantitative estimate of drug-likeness (QED) is 0.562. The zero-order valence-electron chi connectivity index (χ0n) is 7.42. The number of carbonyl (C=O) groups is 2. The van der Waals surface area contributed by atoms with Crippen molar-refractivity contribution in [3.63, 3.8) is 0 Å². The molecular formula is C10H11BrO2. The summed E-state index contributed by atoms with van der Waals surface area (Å²) in [5, 5.41) is 0. The topological polar surface area (TPSA) is 34.1 Å². The first kappa shape index (κ1) is 10.4. The van der Waals surface area contributed by atoms with E-state index in [0.717, 1.165) is 0 Å². The van der Waals surface area contributed by atoms with Crippen LogP contribution in [0.3, 0.4) is 0 Å². The van der Waals surface area contributed by atoms with Gasteiger partial charge in [0.05, 0.1) is 6.42 Å². The van der Waals surface area contributed by atoms with Crippen molar-refractivity contribution in [3.8, 4) is 0 Å². The van der Waals surface area contributed by atoms with E-state index in [4.69, 9.17) is 0 Å². The van der Waals surface area contributed by atoms with Crippen LogP contribution >= 0.6 is 15.9 Å². The van der Waals surface area contributed by atoms with Gasteiger partial charge >= 0.3 is 0 Å². The average molecular weight is 243 g/mol. The highest BCUT2D eigenvalue weighted by atomic mass is 79.9. The second-order valence-electron chi connectivity index (χ2n) is 3.16. The predicted molar refractivity (Wildman–Crippen MR) is 54.9 cm³/mol. The fraction of sp³-hybridized carbons (Fsp3) is 0.400. The summed E-state index contributed by atoms with van der Waals surface area (Å²) in [6.07, 6.45) is 8.03. The number of hydrogen-bond acceptors (Lipinski definition) is 2. The highest BCUT2D eigenvalue weighted by Gasteiger charge is 2.32. The number of ketones is 2. The third-order valence-corrected chi connectivity index (χ3v) is 2.93. The molecule has 1 rings (SSSR count). The number of alkyl halides is 1. The molecule has 0 saturated heterocycles. The van der Waals surface area contributed by atoms with Gasteiger partial charge in [0, 0.05) is 0 Å². The van der Waals surface area contributed by atoms with Crippen molar-refractivity contribution in [2.45, 2.75) is 24.1 Å². The summed E-state index contributed by atoms with van der Waals surface area (Å²) in [5.74, 6) is -0.160. The minimum Gasteiger partial charge on any atom is -0.300 e. The summed E-state index contributed by atoms with van der Waals surface area (Å²) < 4.78 is -0.645. The van der Waals surface area contributed by atoms with Crippen molar-refractivity contribution in [3.05, 3.63) is 24.3 Å². The minimum atomic E-state index is -0.645. The molecule has 0 radical (unpaired) electrons. The van der Waals surface area contributed by atoms with E-state index in [1.54, 1.807) is 6.08 Å². The Labute approximate surface area is 85.8 Å². The summed E-state index contributed by atoms with van der Waals surface area (Å²) >= 11 is 3.35. The molecule has 0 aromatic rings. The van der Waals surface area contributed by atoms with Crippen molar-refractivity contribution in [2.75, 3.05) is 0 Å². The highest BCUT2D eigenvalue weighted by molar-refractivity contribution is 9.10. The maximum atomic E-state index is 11.6. The van der Waals surface area contributed by atoms with E-state index in [9.17, 15) is 9.59 Å². The van der Waals surface area contributed by atoms with Gasteiger partial charge in [0.15, 0.2) is 5.78 Å². The SMILES string of the molecule is CC(=O)CC(=O)C1(Br)C=CC=CC1. The lowest BCUT2D eigenvalue weighted by Gasteiger charge is -2.21. The van der Waals surface area contributed by atoms with Crippen LogP contribution in [-0.2, 0) is 9.59 Å².